The zero-order valence-electron chi connectivity index (χ0n) is 11.3. The molecule has 3 rings (SSSR count). The van der Waals surface area contributed by atoms with Gasteiger partial charge in [-0.15, -0.1) is 11.3 Å². The summed E-state index contributed by atoms with van der Waals surface area (Å²) in [6, 6.07) is 12.1. The van der Waals surface area contributed by atoms with Crippen LogP contribution in [0.3, 0.4) is 0 Å². The number of para-hydroxylation sites is 1. The van der Waals surface area contributed by atoms with Crippen molar-refractivity contribution in [2.24, 2.45) is 0 Å². The standard InChI is InChI=1S/C16H16N2OS/c1-12-4-2-3-5-14(12)17-8-10-18-9-6-15-13(16(18)19)7-11-20-15/h2-7,9,11,17H,8,10H2,1H3. The third kappa shape index (κ3) is 2.47. The van der Waals surface area contributed by atoms with Gasteiger partial charge in [0, 0.05) is 29.7 Å². The van der Waals surface area contributed by atoms with Crippen LogP contribution in [0.1, 0.15) is 5.56 Å². The van der Waals surface area contributed by atoms with Gasteiger partial charge in [0.1, 0.15) is 0 Å². The summed E-state index contributed by atoms with van der Waals surface area (Å²) in [5, 5.41) is 6.15. The highest BCUT2D eigenvalue weighted by molar-refractivity contribution is 7.17. The zero-order chi connectivity index (χ0) is 13.9. The molecule has 1 N–H and O–H groups in total. The third-order valence-electron chi connectivity index (χ3n) is 3.41. The number of nitrogens with zero attached hydrogens (tertiary/aromatic N) is 1. The van der Waals surface area contributed by atoms with Gasteiger partial charge in [-0.2, -0.15) is 0 Å². The highest BCUT2D eigenvalue weighted by Gasteiger charge is 2.03. The molecule has 0 amide bonds. The average Bonchev–Trinajstić information content (AvgIpc) is 2.93. The lowest BCUT2D eigenvalue weighted by atomic mass is 10.2. The quantitative estimate of drug-likeness (QED) is 0.796. The lowest BCUT2D eigenvalue weighted by Gasteiger charge is -2.10. The second kappa shape index (κ2) is 5.51. The molecule has 0 radical (unpaired) electrons. The lowest BCUT2D eigenvalue weighted by Crippen LogP contribution is -2.22. The van der Waals surface area contributed by atoms with E-state index in [0.717, 1.165) is 22.3 Å². The monoisotopic (exact) mass is 284 g/mol. The Morgan fingerprint density at radius 3 is 2.90 bits per heavy atom. The van der Waals surface area contributed by atoms with Gasteiger partial charge in [-0.05, 0) is 36.1 Å². The Hall–Kier alpha value is -2.07. The Balaban J connectivity index is 1.73. The molecule has 2 heterocycles. The largest absolute Gasteiger partial charge is 0.383 e. The summed E-state index contributed by atoms with van der Waals surface area (Å²) < 4.78 is 2.82. The number of rotatable bonds is 4. The molecule has 2 aromatic heterocycles. The van der Waals surface area contributed by atoms with Crippen molar-refractivity contribution < 1.29 is 0 Å². The predicted molar refractivity (Wildman–Crippen MR) is 85.8 cm³/mol. The van der Waals surface area contributed by atoms with E-state index in [1.807, 2.05) is 35.8 Å². The summed E-state index contributed by atoms with van der Waals surface area (Å²) in [5.74, 6) is 0. The molecule has 0 aliphatic carbocycles. The summed E-state index contributed by atoms with van der Waals surface area (Å²) in [6.45, 7) is 3.48. The molecular formula is C16H16N2OS. The highest BCUT2D eigenvalue weighted by Crippen LogP contribution is 2.16. The van der Waals surface area contributed by atoms with E-state index in [0.29, 0.717) is 6.54 Å². The molecule has 0 saturated carbocycles. The number of aromatic nitrogens is 1. The number of nitrogens with one attached hydrogen (secondary N) is 1. The van der Waals surface area contributed by atoms with Crippen LogP contribution in [0.5, 0.6) is 0 Å². The number of thiophene rings is 1. The van der Waals surface area contributed by atoms with E-state index in [1.54, 1.807) is 15.9 Å². The number of pyridine rings is 1. The molecular weight excluding hydrogens is 268 g/mol. The molecule has 0 bridgehead atoms. The molecule has 0 aliphatic heterocycles. The third-order valence-corrected chi connectivity index (χ3v) is 4.29. The van der Waals surface area contributed by atoms with Gasteiger partial charge < -0.3 is 9.88 Å². The summed E-state index contributed by atoms with van der Waals surface area (Å²) in [7, 11) is 0. The first-order valence-electron chi connectivity index (χ1n) is 6.62. The maximum absolute atomic E-state index is 12.2. The van der Waals surface area contributed by atoms with Crippen LogP contribution in [0.15, 0.2) is 52.8 Å². The first kappa shape index (κ1) is 12.9. The van der Waals surface area contributed by atoms with Gasteiger partial charge in [-0.1, -0.05) is 18.2 Å². The Morgan fingerprint density at radius 1 is 1.20 bits per heavy atom. The topological polar surface area (TPSA) is 34.0 Å². The summed E-state index contributed by atoms with van der Waals surface area (Å²) in [4.78, 5) is 12.2. The molecule has 4 heteroatoms. The van der Waals surface area contributed by atoms with Crippen LogP contribution in [-0.4, -0.2) is 11.1 Å². The smallest absolute Gasteiger partial charge is 0.259 e. The van der Waals surface area contributed by atoms with E-state index in [1.165, 1.54) is 5.56 Å². The van der Waals surface area contributed by atoms with Gasteiger partial charge in [0.05, 0.1) is 5.39 Å². The van der Waals surface area contributed by atoms with Gasteiger partial charge in [-0.3, -0.25) is 4.79 Å². The predicted octanol–water partition coefficient (Wildman–Crippen LogP) is 3.48. The number of anilines is 1. The fraction of sp³-hybridized carbons (Fsp3) is 0.188. The number of benzene rings is 1. The van der Waals surface area contributed by atoms with Gasteiger partial charge in [0.2, 0.25) is 0 Å². The van der Waals surface area contributed by atoms with E-state index < -0.39 is 0 Å². The van der Waals surface area contributed by atoms with Crippen LogP contribution in [0.25, 0.3) is 10.1 Å². The van der Waals surface area contributed by atoms with Crippen molar-refractivity contribution in [3.05, 3.63) is 63.9 Å². The lowest BCUT2D eigenvalue weighted by molar-refractivity contribution is 0.704. The molecule has 0 saturated heterocycles. The Morgan fingerprint density at radius 2 is 2.05 bits per heavy atom. The van der Waals surface area contributed by atoms with E-state index in [9.17, 15) is 4.79 Å². The first-order valence-corrected chi connectivity index (χ1v) is 7.50. The molecule has 1 aromatic carbocycles. The molecule has 102 valence electrons. The van der Waals surface area contributed by atoms with E-state index in [2.05, 4.69) is 24.4 Å². The molecule has 0 spiro atoms. The van der Waals surface area contributed by atoms with Gasteiger partial charge >= 0.3 is 0 Å². The Labute approximate surface area is 121 Å². The Bertz CT molecular complexity index is 788. The fourth-order valence-corrected chi connectivity index (χ4v) is 3.04. The summed E-state index contributed by atoms with van der Waals surface area (Å²) in [5.41, 5.74) is 2.43. The maximum Gasteiger partial charge on any atom is 0.259 e. The number of hydrogen-bond acceptors (Lipinski definition) is 3. The molecule has 0 fully saturated rings. The normalized spacial score (nSPS) is 10.8. The molecule has 0 atom stereocenters. The average molecular weight is 284 g/mol. The van der Waals surface area contributed by atoms with Crippen molar-refractivity contribution in [1.29, 1.82) is 0 Å². The van der Waals surface area contributed by atoms with Gasteiger partial charge in [-0.25, -0.2) is 0 Å². The van der Waals surface area contributed by atoms with Gasteiger partial charge in [0.25, 0.3) is 5.56 Å². The van der Waals surface area contributed by atoms with Gasteiger partial charge in [0.15, 0.2) is 0 Å². The molecule has 3 aromatic rings. The summed E-state index contributed by atoms with van der Waals surface area (Å²) >= 11 is 1.60. The van der Waals surface area contributed by atoms with Crippen LogP contribution in [0, 0.1) is 6.92 Å². The van der Waals surface area contributed by atoms with Crippen LogP contribution >= 0.6 is 11.3 Å². The van der Waals surface area contributed by atoms with Crippen LogP contribution in [0.4, 0.5) is 5.69 Å². The van der Waals surface area contributed by atoms with Crippen molar-refractivity contribution >= 4 is 27.1 Å². The molecule has 20 heavy (non-hydrogen) atoms. The number of aryl methyl sites for hydroxylation is 1. The Kier molecular flexibility index (Phi) is 3.56. The minimum atomic E-state index is 0.0929. The summed E-state index contributed by atoms with van der Waals surface area (Å²) in [6.07, 6.45) is 1.88. The number of fused-ring (bicyclic) bond motifs is 1. The van der Waals surface area contributed by atoms with Crippen molar-refractivity contribution in [3.8, 4) is 0 Å². The van der Waals surface area contributed by atoms with E-state index in [4.69, 9.17) is 0 Å². The second-order valence-electron chi connectivity index (χ2n) is 4.75. The molecule has 0 unspecified atom stereocenters. The first-order chi connectivity index (χ1) is 9.75. The SMILES string of the molecule is Cc1ccccc1NCCn1ccc2sccc2c1=O. The van der Waals surface area contributed by atoms with E-state index in [-0.39, 0.29) is 5.56 Å². The fourth-order valence-electron chi connectivity index (χ4n) is 2.27. The van der Waals surface area contributed by atoms with Crippen molar-refractivity contribution in [2.45, 2.75) is 13.5 Å². The van der Waals surface area contributed by atoms with Crippen LogP contribution in [0.2, 0.25) is 0 Å². The van der Waals surface area contributed by atoms with Crippen molar-refractivity contribution in [2.75, 3.05) is 11.9 Å². The second-order valence-corrected chi connectivity index (χ2v) is 5.70. The molecule has 3 nitrogen and oxygen atoms in total. The molecule has 0 aliphatic rings. The minimum absolute atomic E-state index is 0.0929. The highest BCUT2D eigenvalue weighted by atomic mass is 32.1. The zero-order valence-corrected chi connectivity index (χ0v) is 12.1. The maximum atomic E-state index is 12.2. The van der Waals surface area contributed by atoms with Crippen molar-refractivity contribution in [3.63, 3.8) is 0 Å². The van der Waals surface area contributed by atoms with Crippen molar-refractivity contribution in [1.82, 2.24) is 4.57 Å². The van der Waals surface area contributed by atoms with E-state index >= 15 is 0 Å². The number of hydrogen-bond donors (Lipinski definition) is 1. The minimum Gasteiger partial charge on any atom is -0.383 e. The van der Waals surface area contributed by atoms with Crippen LogP contribution in [-0.2, 0) is 6.54 Å². The van der Waals surface area contributed by atoms with Crippen LogP contribution < -0.4 is 10.9 Å².